The van der Waals surface area contributed by atoms with E-state index in [2.05, 4.69) is 39.8 Å². The van der Waals surface area contributed by atoms with Gasteiger partial charge >= 0.3 is 0 Å². The summed E-state index contributed by atoms with van der Waals surface area (Å²) >= 11 is 0. The van der Waals surface area contributed by atoms with Gasteiger partial charge in [0, 0.05) is 0 Å². The van der Waals surface area contributed by atoms with Crippen molar-refractivity contribution in [3.05, 3.63) is 12.2 Å². The summed E-state index contributed by atoms with van der Waals surface area (Å²) in [6.07, 6.45) is 10.3. The van der Waals surface area contributed by atoms with E-state index < -0.39 is 0 Å². The summed E-state index contributed by atoms with van der Waals surface area (Å²) in [6.45, 7) is 9.30. The zero-order chi connectivity index (χ0) is 10.6. The minimum Gasteiger partial charge on any atom is -0.0880 e. The summed E-state index contributed by atoms with van der Waals surface area (Å²) in [5.74, 6) is 3.69. The van der Waals surface area contributed by atoms with E-state index in [4.69, 9.17) is 0 Å². The van der Waals surface area contributed by atoms with Crippen molar-refractivity contribution in [2.24, 2.45) is 23.7 Å². The van der Waals surface area contributed by atoms with Crippen molar-refractivity contribution in [1.82, 2.24) is 0 Å². The Morgan fingerprint density at radius 1 is 1.29 bits per heavy atom. The zero-order valence-corrected chi connectivity index (χ0v) is 10.3. The molecular weight excluding hydrogens is 168 g/mol. The molecule has 1 rings (SSSR count). The molecule has 0 aromatic heterocycles. The van der Waals surface area contributed by atoms with Gasteiger partial charge in [0.1, 0.15) is 0 Å². The second kappa shape index (κ2) is 5.58. The van der Waals surface area contributed by atoms with Gasteiger partial charge in [0.25, 0.3) is 0 Å². The van der Waals surface area contributed by atoms with E-state index >= 15 is 0 Å². The second-order valence-corrected chi connectivity index (χ2v) is 5.14. The first-order chi connectivity index (χ1) is 6.69. The lowest BCUT2D eigenvalue weighted by molar-refractivity contribution is 0.376. The molecule has 1 fully saturated rings. The molecule has 1 aliphatic rings. The lowest BCUT2D eigenvalue weighted by Gasteiger charge is -2.16. The van der Waals surface area contributed by atoms with Crippen molar-refractivity contribution in [2.75, 3.05) is 0 Å². The van der Waals surface area contributed by atoms with Crippen LogP contribution in [0.3, 0.4) is 0 Å². The van der Waals surface area contributed by atoms with Gasteiger partial charge in [-0.05, 0) is 36.5 Å². The fraction of sp³-hybridized carbons (Fsp3) is 0.857. The van der Waals surface area contributed by atoms with Crippen LogP contribution in [0.5, 0.6) is 0 Å². The predicted molar refractivity (Wildman–Crippen MR) is 64.3 cm³/mol. The standard InChI is InChI=1S/C14H26/c1-5-12(11(3)4)8-7-9-14-10-13(14)6-2/h7,9,11-14H,5-6,8,10H2,1-4H3. The maximum Gasteiger partial charge on any atom is -0.0202 e. The number of allylic oxidation sites excluding steroid dienone is 2. The van der Waals surface area contributed by atoms with Crippen LogP contribution in [-0.2, 0) is 0 Å². The van der Waals surface area contributed by atoms with Crippen LogP contribution in [0.1, 0.15) is 53.4 Å². The summed E-state index contributed by atoms with van der Waals surface area (Å²) < 4.78 is 0. The molecule has 0 heteroatoms. The third-order valence-corrected chi connectivity index (χ3v) is 3.79. The molecule has 0 aromatic rings. The van der Waals surface area contributed by atoms with Crippen LogP contribution < -0.4 is 0 Å². The maximum atomic E-state index is 2.47. The average molecular weight is 194 g/mol. The van der Waals surface area contributed by atoms with Crippen molar-refractivity contribution in [2.45, 2.75) is 53.4 Å². The molecule has 0 nitrogen and oxygen atoms in total. The van der Waals surface area contributed by atoms with Gasteiger partial charge in [-0.25, -0.2) is 0 Å². The largest absolute Gasteiger partial charge is 0.0880 e. The predicted octanol–water partition coefficient (Wildman–Crippen LogP) is 4.66. The minimum atomic E-state index is 0.839. The van der Waals surface area contributed by atoms with E-state index in [1.165, 1.54) is 25.7 Å². The van der Waals surface area contributed by atoms with E-state index in [1.807, 2.05) is 0 Å². The van der Waals surface area contributed by atoms with E-state index in [0.29, 0.717) is 0 Å². The van der Waals surface area contributed by atoms with Crippen LogP contribution in [-0.4, -0.2) is 0 Å². The Balaban J connectivity index is 2.19. The molecule has 14 heavy (non-hydrogen) atoms. The van der Waals surface area contributed by atoms with E-state index in [1.54, 1.807) is 0 Å². The Morgan fingerprint density at radius 3 is 2.43 bits per heavy atom. The van der Waals surface area contributed by atoms with Crippen LogP contribution in [0.2, 0.25) is 0 Å². The molecule has 0 N–H and O–H groups in total. The van der Waals surface area contributed by atoms with Gasteiger partial charge in [0.05, 0.1) is 0 Å². The first-order valence-electron chi connectivity index (χ1n) is 6.35. The number of hydrogen-bond acceptors (Lipinski definition) is 0. The Kier molecular flexibility index (Phi) is 4.71. The third kappa shape index (κ3) is 3.48. The molecule has 0 saturated heterocycles. The van der Waals surface area contributed by atoms with Gasteiger partial charge in [0.15, 0.2) is 0 Å². The Hall–Kier alpha value is -0.260. The Bertz CT molecular complexity index is 178. The molecule has 3 unspecified atom stereocenters. The molecule has 0 aliphatic heterocycles. The van der Waals surface area contributed by atoms with Crippen molar-refractivity contribution in [3.8, 4) is 0 Å². The molecule has 82 valence electrons. The molecule has 0 amide bonds. The van der Waals surface area contributed by atoms with Crippen molar-refractivity contribution >= 4 is 0 Å². The molecular formula is C14H26. The topological polar surface area (TPSA) is 0 Å². The van der Waals surface area contributed by atoms with Crippen LogP contribution >= 0.6 is 0 Å². The molecule has 1 aliphatic carbocycles. The highest BCUT2D eigenvalue weighted by Gasteiger charge is 2.32. The van der Waals surface area contributed by atoms with Gasteiger partial charge < -0.3 is 0 Å². The number of rotatable bonds is 6. The van der Waals surface area contributed by atoms with Crippen molar-refractivity contribution in [3.63, 3.8) is 0 Å². The van der Waals surface area contributed by atoms with Gasteiger partial charge in [-0.15, -0.1) is 0 Å². The summed E-state index contributed by atoms with van der Waals surface area (Å²) in [5, 5.41) is 0. The zero-order valence-electron chi connectivity index (χ0n) is 10.3. The summed E-state index contributed by atoms with van der Waals surface area (Å²) in [5.41, 5.74) is 0. The fourth-order valence-corrected chi connectivity index (χ4v) is 2.31. The second-order valence-electron chi connectivity index (χ2n) is 5.14. The maximum absolute atomic E-state index is 2.47. The van der Waals surface area contributed by atoms with Crippen molar-refractivity contribution in [1.29, 1.82) is 0 Å². The highest BCUT2D eigenvalue weighted by atomic mass is 14.4. The molecule has 0 spiro atoms. The summed E-state index contributed by atoms with van der Waals surface area (Å²) in [6, 6.07) is 0. The Labute approximate surface area is 89.8 Å². The normalized spacial score (nSPS) is 28.6. The monoisotopic (exact) mass is 194 g/mol. The lowest BCUT2D eigenvalue weighted by atomic mass is 9.90. The van der Waals surface area contributed by atoms with Gasteiger partial charge in [0.2, 0.25) is 0 Å². The first kappa shape index (κ1) is 11.8. The Morgan fingerprint density at radius 2 is 2.00 bits per heavy atom. The van der Waals surface area contributed by atoms with Gasteiger partial charge in [-0.3, -0.25) is 0 Å². The van der Waals surface area contributed by atoms with Crippen LogP contribution in [0.25, 0.3) is 0 Å². The number of hydrogen-bond donors (Lipinski definition) is 0. The van der Waals surface area contributed by atoms with Gasteiger partial charge in [-0.2, -0.15) is 0 Å². The van der Waals surface area contributed by atoms with Crippen LogP contribution in [0, 0.1) is 23.7 Å². The quantitative estimate of drug-likeness (QED) is 0.539. The van der Waals surface area contributed by atoms with E-state index in [0.717, 1.165) is 23.7 Å². The van der Waals surface area contributed by atoms with Crippen LogP contribution in [0.15, 0.2) is 12.2 Å². The SMILES string of the molecule is CCC(CC=CC1CC1CC)C(C)C. The molecule has 0 bridgehead atoms. The molecule has 1 saturated carbocycles. The smallest absolute Gasteiger partial charge is 0.0202 e. The summed E-state index contributed by atoms with van der Waals surface area (Å²) in [7, 11) is 0. The highest BCUT2D eigenvalue weighted by molar-refractivity contribution is 5.01. The molecule has 0 radical (unpaired) electrons. The third-order valence-electron chi connectivity index (χ3n) is 3.79. The molecule has 0 aromatic carbocycles. The average Bonchev–Trinajstić information content (AvgIpc) is 2.90. The molecule has 3 atom stereocenters. The van der Waals surface area contributed by atoms with Crippen LogP contribution in [0.4, 0.5) is 0 Å². The minimum absolute atomic E-state index is 0.839. The highest BCUT2D eigenvalue weighted by Crippen LogP contribution is 2.42. The molecule has 0 heterocycles. The van der Waals surface area contributed by atoms with E-state index in [-0.39, 0.29) is 0 Å². The van der Waals surface area contributed by atoms with Gasteiger partial charge in [-0.1, -0.05) is 52.7 Å². The first-order valence-corrected chi connectivity index (χ1v) is 6.35. The lowest BCUT2D eigenvalue weighted by Crippen LogP contribution is -2.05. The summed E-state index contributed by atoms with van der Waals surface area (Å²) in [4.78, 5) is 0. The van der Waals surface area contributed by atoms with Crippen molar-refractivity contribution < 1.29 is 0 Å². The van der Waals surface area contributed by atoms with E-state index in [9.17, 15) is 0 Å². The fourth-order valence-electron chi connectivity index (χ4n) is 2.31.